The molecule has 0 spiro atoms. The fourth-order valence-corrected chi connectivity index (χ4v) is 3.08. The SMILES string of the molecule is COc1cc(C)c2[nH]ccc2c1CN1CCC(O)CC1. The summed E-state index contributed by atoms with van der Waals surface area (Å²) in [6.07, 6.45) is 3.59. The van der Waals surface area contributed by atoms with Gasteiger partial charge in [-0.3, -0.25) is 4.90 Å². The molecule has 1 aliphatic rings. The molecule has 0 aliphatic carbocycles. The molecule has 0 radical (unpaired) electrons. The molecule has 2 heterocycles. The smallest absolute Gasteiger partial charge is 0.124 e. The van der Waals surface area contributed by atoms with Crippen molar-refractivity contribution in [2.75, 3.05) is 20.2 Å². The molecule has 1 aromatic carbocycles. The Morgan fingerprint density at radius 3 is 2.85 bits per heavy atom. The van der Waals surface area contributed by atoms with Crippen molar-refractivity contribution in [1.29, 1.82) is 0 Å². The van der Waals surface area contributed by atoms with Crippen molar-refractivity contribution in [3.63, 3.8) is 0 Å². The van der Waals surface area contributed by atoms with E-state index in [2.05, 4.69) is 28.9 Å². The highest BCUT2D eigenvalue weighted by molar-refractivity contribution is 5.88. The van der Waals surface area contributed by atoms with Gasteiger partial charge in [-0.25, -0.2) is 0 Å². The molecule has 0 atom stereocenters. The normalized spacial score (nSPS) is 17.8. The first-order valence-corrected chi connectivity index (χ1v) is 7.23. The first-order chi connectivity index (χ1) is 9.69. The molecule has 0 bridgehead atoms. The van der Waals surface area contributed by atoms with Gasteiger partial charge in [0.05, 0.1) is 13.2 Å². The molecule has 3 rings (SSSR count). The minimum absolute atomic E-state index is 0.126. The minimum atomic E-state index is -0.126. The van der Waals surface area contributed by atoms with Gasteiger partial charge >= 0.3 is 0 Å². The molecule has 20 heavy (non-hydrogen) atoms. The van der Waals surface area contributed by atoms with Gasteiger partial charge < -0.3 is 14.8 Å². The lowest BCUT2D eigenvalue weighted by atomic mass is 10.0. The van der Waals surface area contributed by atoms with Crippen molar-refractivity contribution in [3.05, 3.63) is 29.5 Å². The summed E-state index contributed by atoms with van der Waals surface area (Å²) in [6, 6.07) is 4.23. The number of nitrogens with zero attached hydrogens (tertiary/aromatic N) is 1. The number of aliphatic hydroxyl groups excluding tert-OH is 1. The number of nitrogens with one attached hydrogen (secondary N) is 1. The quantitative estimate of drug-likeness (QED) is 0.904. The number of piperidine rings is 1. The molecule has 2 N–H and O–H groups in total. The maximum absolute atomic E-state index is 9.61. The van der Waals surface area contributed by atoms with Crippen molar-refractivity contribution in [2.24, 2.45) is 0 Å². The van der Waals surface area contributed by atoms with E-state index in [1.165, 1.54) is 22.0 Å². The van der Waals surface area contributed by atoms with Gasteiger partial charge in [-0.2, -0.15) is 0 Å². The van der Waals surface area contributed by atoms with Crippen LogP contribution in [0, 0.1) is 6.92 Å². The lowest BCUT2D eigenvalue weighted by molar-refractivity contribution is 0.0791. The van der Waals surface area contributed by atoms with Crippen LogP contribution in [0.15, 0.2) is 18.3 Å². The molecule has 4 nitrogen and oxygen atoms in total. The molecule has 108 valence electrons. The van der Waals surface area contributed by atoms with E-state index in [1.807, 2.05) is 6.20 Å². The second-order valence-electron chi connectivity index (χ2n) is 5.65. The summed E-state index contributed by atoms with van der Waals surface area (Å²) in [7, 11) is 1.73. The van der Waals surface area contributed by atoms with Crippen molar-refractivity contribution in [2.45, 2.75) is 32.4 Å². The Labute approximate surface area is 119 Å². The molecule has 1 saturated heterocycles. The maximum atomic E-state index is 9.61. The molecule has 0 saturated carbocycles. The first kappa shape index (κ1) is 13.5. The molecular formula is C16H22N2O2. The average Bonchev–Trinajstić information content (AvgIpc) is 2.94. The highest BCUT2D eigenvalue weighted by Gasteiger charge is 2.20. The minimum Gasteiger partial charge on any atom is -0.496 e. The Morgan fingerprint density at radius 1 is 1.40 bits per heavy atom. The van der Waals surface area contributed by atoms with Crippen LogP contribution in [0.2, 0.25) is 0 Å². The largest absolute Gasteiger partial charge is 0.496 e. The topological polar surface area (TPSA) is 48.5 Å². The zero-order chi connectivity index (χ0) is 14.1. The van der Waals surface area contributed by atoms with Gasteiger partial charge in [0.25, 0.3) is 0 Å². The van der Waals surface area contributed by atoms with Crippen LogP contribution in [-0.4, -0.2) is 41.3 Å². The zero-order valence-corrected chi connectivity index (χ0v) is 12.1. The third kappa shape index (κ3) is 2.41. The number of aliphatic hydroxyl groups is 1. The van der Waals surface area contributed by atoms with Gasteiger partial charge in [0, 0.05) is 42.3 Å². The number of likely N-dealkylation sites (tertiary alicyclic amines) is 1. The number of rotatable bonds is 3. The maximum Gasteiger partial charge on any atom is 0.124 e. The van der Waals surface area contributed by atoms with Gasteiger partial charge in [0.2, 0.25) is 0 Å². The van der Waals surface area contributed by atoms with Gasteiger partial charge in [-0.1, -0.05) is 0 Å². The summed E-state index contributed by atoms with van der Waals surface area (Å²) in [6.45, 7) is 4.88. The van der Waals surface area contributed by atoms with Crippen LogP contribution < -0.4 is 4.74 Å². The van der Waals surface area contributed by atoms with Crippen molar-refractivity contribution < 1.29 is 9.84 Å². The number of hydrogen-bond donors (Lipinski definition) is 2. The number of aromatic nitrogens is 1. The number of H-pyrrole nitrogens is 1. The molecule has 1 aliphatic heterocycles. The number of methoxy groups -OCH3 is 1. The third-order valence-electron chi connectivity index (χ3n) is 4.27. The highest BCUT2D eigenvalue weighted by Crippen LogP contribution is 2.32. The van der Waals surface area contributed by atoms with Crippen molar-refractivity contribution in [1.82, 2.24) is 9.88 Å². The second-order valence-corrected chi connectivity index (χ2v) is 5.65. The number of benzene rings is 1. The molecule has 0 amide bonds. The predicted octanol–water partition coefficient (Wildman–Crippen LogP) is 2.44. The van der Waals surface area contributed by atoms with E-state index in [0.29, 0.717) is 0 Å². The molecule has 0 unspecified atom stereocenters. The summed E-state index contributed by atoms with van der Waals surface area (Å²) in [5.41, 5.74) is 3.64. The number of ether oxygens (including phenoxy) is 1. The fourth-order valence-electron chi connectivity index (χ4n) is 3.08. The molecule has 4 heteroatoms. The predicted molar refractivity (Wildman–Crippen MR) is 80.1 cm³/mol. The van der Waals surface area contributed by atoms with Crippen molar-refractivity contribution in [3.8, 4) is 5.75 Å². The van der Waals surface area contributed by atoms with Crippen LogP contribution in [0.1, 0.15) is 24.0 Å². The molecule has 1 aromatic heterocycles. The molecular weight excluding hydrogens is 252 g/mol. The Bertz CT molecular complexity index is 598. The lowest BCUT2D eigenvalue weighted by Gasteiger charge is -2.30. The zero-order valence-electron chi connectivity index (χ0n) is 12.1. The number of fused-ring (bicyclic) bond motifs is 1. The highest BCUT2D eigenvalue weighted by atomic mass is 16.5. The Kier molecular flexibility index (Phi) is 3.68. The van der Waals surface area contributed by atoms with E-state index in [-0.39, 0.29) is 6.10 Å². The van der Waals surface area contributed by atoms with E-state index in [1.54, 1.807) is 7.11 Å². The van der Waals surface area contributed by atoms with Gasteiger partial charge in [-0.15, -0.1) is 0 Å². The van der Waals surface area contributed by atoms with Gasteiger partial charge in [0.1, 0.15) is 5.75 Å². The van der Waals surface area contributed by atoms with Crippen LogP contribution >= 0.6 is 0 Å². The summed E-state index contributed by atoms with van der Waals surface area (Å²) in [4.78, 5) is 5.70. The van der Waals surface area contributed by atoms with Crippen LogP contribution in [0.3, 0.4) is 0 Å². The van der Waals surface area contributed by atoms with Crippen LogP contribution in [-0.2, 0) is 6.54 Å². The molecule has 2 aromatic rings. The van der Waals surface area contributed by atoms with Crippen molar-refractivity contribution >= 4 is 10.9 Å². The monoisotopic (exact) mass is 274 g/mol. The van der Waals surface area contributed by atoms with Gasteiger partial charge in [-0.05, 0) is 37.5 Å². The van der Waals surface area contributed by atoms with E-state index in [0.717, 1.165) is 38.2 Å². The Balaban J connectivity index is 1.93. The number of aromatic amines is 1. The Hall–Kier alpha value is -1.52. The van der Waals surface area contributed by atoms with E-state index in [4.69, 9.17) is 4.74 Å². The number of aryl methyl sites for hydroxylation is 1. The summed E-state index contributed by atoms with van der Waals surface area (Å²) in [5.74, 6) is 0.959. The summed E-state index contributed by atoms with van der Waals surface area (Å²) < 4.78 is 5.58. The first-order valence-electron chi connectivity index (χ1n) is 7.23. The average molecular weight is 274 g/mol. The van der Waals surface area contributed by atoms with Crippen LogP contribution in [0.5, 0.6) is 5.75 Å². The standard InChI is InChI=1S/C16H22N2O2/c1-11-9-15(20-2)14(13-3-6-17-16(11)13)10-18-7-4-12(19)5-8-18/h3,6,9,12,17,19H,4-5,7-8,10H2,1-2H3. The Morgan fingerprint density at radius 2 is 2.15 bits per heavy atom. The second kappa shape index (κ2) is 5.46. The van der Waals surface area contributed by atoms with Gasteiger partial charge in [0.15, 0.2) is 0 Å². The third-order valence-corrected chi connectivity index (χ3v) is 4.27. The van der Waals surface area contributed by atoms with E-state index in [9.17, 15) is 5.11 Å². The van der Waals surface area contributed by atoms with E-state index < -0.39 is 0 Å². The van der Waals surface area contributed by atoms with Crippen LogP contribution in [0.4, 0.5) is 0 Å². The summed E-state index contributed by atoms with van der Waals surface area (Å²) in [5, 5.41) is 10.9. The molecule has 1 fully saturated rings. The summed E-state index contributed by atoms with van der Waals surface area (Å²) >= 11 is 0. The van der Waals surface area contributed by atoms with Crippen LogP contribution in [0.25, 0.3) is 10.9 Å². The van der Waals surface area contributed by atoms with E-state index >= 15 is 0 Å². The fraction of sp³-hybridized carbons (Fsp3) is 0.500. The lowest BCUT2D eigenvalue weighted by Crippen LogP contribution is -2.35. The number of hydrogen-bond acceptors (Lipinski definition) is 3.